The monoisotopic (exact) mass is 414 g/mol. The smallest absolute Gasteiger partial charge is 0.219 e. The van der Waals surface area contributed by atoms with Crippen molar-refractivity contribution in [2.75, 3.05) is 0 Å². The molecule has 0 spiro atoms. The number of primary sulfonamides is 1. The van der Waals surface area contributed by atoms with E-state index in [0.29, 0.717) is 28.1 Å². The van der Waals surface area contributed by atoms with Gasteiger partial charge in [0, 0.05) is 24.7 Å². The summed E-state index contributed by atoms with van der Waals surface area (Å²) in [5.74, 6) is -0.675. The van der Waals surface area contributed by atoms with Crippen LogP contribution in [0.4, 0.5) is 4.39 Å². The molecule has 1 heterocycles. The van der Waals surface area contributed by atoms with Gasteiger partial charge in [-0.15, -0.1) is 0 Å². The van der Waals surface area contributed by atoms with Crippen LogP contribution in [-0.2, 0) is 28.2 Å². The molecule has 0 aliphatic carbocycles. The maximum absolute atomic E-state index is 13.2. The molecule has 0 radical (unpaired) electrons. The highest BCUT2D eigenvalue weighted by atomic mass is 32.2. The first kappa shape index (κ1) is 21.0. The summed E-state index contributed by atoms with van der Waals surface area (Å²) in [4.78, 5) is 13.0. The molecule has 0 aliphatic rings. The van der Waals surface area contributed by atoms with Gasteiger partial charge in [-0.25, -0.2) is 17.9 Å². The minimum absolute atomic E-state index is 0.101. The topological polar surface area (TPSA) is 82.2 Å². The Morgan fingerprint density at radius 3 is 2.24 bits per heavy atom. The molecule has 0 saturated heterocycles. The standard InChI is InChI=1S/C22H23FN2O3S/c1-15-13-19(14-22(2,29(24,27)28)17-7-5-4-6-8-17)25(3)20(15)21(26)16-9-11-18(23)12-10-16/h4-13H,14H2,1-3H3,(H2,24,27,28). The lowest BCUT2D eigenvalue weighted by atomic mass is 9.95. The van der Waals surface area contributed by atoms with Gasteiger partial charge in [0.15, 0.2) is 0 Å². The molecule has 2 aromatic carbocycles. The van der Waals surface area contributed by atoms with Gasteiger partial charge in [0.05, 0.1) is 5.69 Å². The fourth-order valence-corrected chi connectivity index (χ4v) is 4.38. The predicted molar refractivity (Wildman–Crippen MR) is 111 cm³/mol. The van der Waals surface area contributed by atoms with Crippen LogP contribution in [0.1, 0.15) is 39.8 Å². The van der Waals surface area contributed by atoms with Crippen LogP contribution >= 0.6 is 0 Å². The van der Waals surface area contributed by atoms with Crippen LogP contribution in [0.2, 0.25) is 0 Å². The van der Waals surface area contributed by atoms with Gasteiger partial charge in [-0.2, -0.15) is 0 Å². The van der Waals surface area contributed by atoms with Gasteiger partial charge < -0.3 is 4.57 Å². The number of nitrogens with zero attached hydrogens (tertiary/aromatic N) is 1. The lowest BCUT2D eigenvalue weighted by Crippen LogP contribution is -2.40. The zero-order chi connectivity index (χ0) is 21.4. The number of carbonyl (C=O) groups is 1. The minimum Gasteiger partial charge on any atom is -0.345 e. The van der Waals surface area contributed by atoms with E-state index >= 15 is 0 Å². The summed E-state index contributed by atoms with van der Waals surface area (Å²) in [6.45, 7) is 3.37. The summed E-state index contributed by atoms with van der Waals surface area (Å²) in [7, 11) is -2.24. The number of carbonyl (C=O) groups excluding carboxylic acids is 1. The summed E-state index contributed by atoms with van der Waals surface area (Å²) >= 11 is 0. The molecule has 3 rings (SSSR count). The van der Waals surface area contributed by atoms with Gasteiger partial charge in [-0.05, 0) is 55.3 Å². The molecule has 0 fully saturated rings. The molecule has 152 valence electrons. The molecule has 0 bridgehead atoms. The first-order valence-electron chi connectivity index (χ1n) is 9.08. The number of aromatic nitrogens is 1. The molecular weight excluding hydrogens is 391 g/mol. The zero-order valence-electron chi connectivity index (χ0n) is 16.5. The Labute approximate surface area is 170 Å². The van der Waals surface area contributed by atoms with Crippen LogP contribution in [0.5, 0.6) is 0 Å². The van der Waals surface area contributed by atoms with E-state index in [-0.39, 0.29) is 12.2 Å². The number of sulfonamides is 1. The van der Waals surface area contributed by atoms with Crippen molar-refractivity contribution < 1.29 is 17.6 Å². The molecule has 1 unspecified atom stereocenters. The quantitative estimate of drug-likeness (QED) is 0.627. The molecule has 0 amide bonds. The van der Waals surface area contributed by atoms with Crippen molar-refractivity contribution in [3.05, 3.63) is 94.6 Å². The average molecular weight is 415 g/mol. The molecule has 1 aromatic heterocycles. The number of aryl methyl sites for hydroxylation is 1. The van der Waals surface area contributed by atoms with Crippen molar-refractivity contribution in [2.24, 2.45) is 12.2 Å². The second kappa shape index (κ2) is 7.57. The van der Waals surface area contributed by atoms with Gasteiger partial charge in [0.2, 0.25) is 15.8 Å². The largest absolute Gasteiger partial charge is 0.345 e. The molecule has 5 nitrogen and oxygen atoms in total. The van der Waals surface area contributed by atoms with Crippen molar-refractivity contribution in [1.29, 1.82) is 0 Å². The van der Waals surface area contributed by atoms with E-state index in [2.05, 4.69) is 0 Å². The van der Waals surface area contributed by atoms with Gasteiger partial charge in [0.1, 0.15) is 10.6 Å². The first-order chi connectivity index (χ1) is 13.5. The van der Waals surface area contributed by atoms with Crippen LogP contribution in [-0.4, -0.2) is 18.8 Å². The Balaban J connectivity index is 2.05. The fraction of sp³-hybridized carbons (Fsp3) is 0.227. The molecular formula is C22H23FN2O3S. The molecule has 29 heavy (non-hydrogen) atoms. The third kappa shape index (κ3) is 3.88. The number of hydrogen-bond acceptors (Lipinski definition) is 3. The van der Waals surface area contributed by atoms with Crippen molar-refractivity contribution in [3.8, 4) is 0 Å². The van der Waals surface area contributed by atoms with Crippen molar-refractivity contribution in [2.45, 2.75) is 25.0 Å². The lowest BCUT2D eigenvalue weighted by molar-refractivity contribution is 0.103. The highest BCUT2D eigenvalue weighted by molar-refractivity contribution is 7.90. The maximum atomic E-state index is 13.2. The second-order valence-corrected chi connectivity index (χ2v) is 9.37. The van der Waals surface area contributed by atoms with E-state index in [4.69, 9.17) is 5.14 Å². The van der Waals surface area contributed by atoms with Crippen LogP contribution in [0.25, 0.3) is 0 Å². The number of ketones is 1. The summed E-state index contributed by atoms with van der Waals surface area (Å²) in [5, 5.41) is 5.61. The van der Waals surface area contributed by atoms with Gasteiger partial charge in [-0.3, -0.25) is 4.79 Å². The molecule has 0 aliphatic heterocycles. The summed E-state index contributed by atoms with van der Waals surface area (Å²) < 4.78 is 38.5. The SMILES string of the molecule is Cc1cc(CC(C)(c2ccccc2)S(N)(=O)=O)n(C)c1C(=O)c1ccc(F)cc1. The van der Waals surface area contributed by atoms with Crippen LogP contribution < -0.4 is 5.14 Å². The number of nitrogens with two attached hydrogens (primary N) is 1. The summed E-state index contributed by atoms with van der Waals surface area (Å²) in [6.07, 6.45) is 0.101. The Hall–Kier alpha value is -2.77. The normalized spacial score (nSPS) is 13.8. The molecule has 0 saturated carbocycles. The summed E-state index contributed by atoms with van der Waals surface area (Å²) in [6, 6.07) is 15.9. The van der Waals surface area contributed by atoms with E-state index in [0.717, 1.165) is 0 Å². The number of hydrogen-bond donors (Lipinski definition) is 1. The third-order valence-corrected chi connectivity index (χ3v) is 7.01. The highest BCUT2D eigenvalue weighted by Gasteiger charge is 2.39. The van der Waals surface area contributed by atoms with Crippen LogP contribution in [0, 0.1) is 12.7 Å². The molecule has 7 heteroatoms. The van der Waals surface area contributed by atoms with Crippen molar-refractivity contribution >= 4 is 15.8 Å². The van der Waals surface area contributed by atoms with Gasteiger partial charge >= 0.3 is 0 Å². The zero-order valence-corrected chi connectivity index (χ0v) is 17.3. The lowest BCUT2D eigenvalue weighted by Gasteiger charge is -2.28. The van der Waals surface area contributed by atoms with Crippen molar-refractivity contribution in [1.82, 2.24) is 4.57 Å². The van der Waals surface area contributed by atoms with E-state index in [9.17, 15) is 17.6 Å². The van der Waals surface area contributed by atoms with Gasteiger partial charge in [0.25, 0.3) is 0 Å². The molecule has 1 atom stereocenters. The Kier molecular flexibility index (Phi) is 5.47. The third-order valence-electron chi connectivity index (χ3n) is 5.38. The Morgan fingerprint density at radius 1 is 1.10 bits per heavy atom. The average Bonchev–Trinajstić information content (AvgIpc) is 2.94. The van der Waals surface area contributed by atoms with E-state index in [1.54, 1.807) is 61.9 Å². The number of benzene rings is 2. The Morgan fingerprint density at radius 2 is 1.69 bits per heavy atom. The first-order valence-corrected chi connectivity index (χ1v) is 10.6. The maximum Gasteiger partial charge on any atom is 0.219 e. The van der Waals surface area contributed by atoms with Gasteiger partial charge in [-0.1, -0.05) is 30.3 Å². The number of rotatable bonds is 6. The van der Waals surface area contributed by atoms with E-state index < -0.39 is 20.6 Å². The fourth-order valence-electron chi connectivity index (χ4n) is 3.57. The van der Waals surface area contributed by atoms with E-state index in [1.807, 2.05) is 0 Å². The van der Waals surface area contributed by atoms with E-state index in [1.165, 1.54) is 24.3 Å². The van der Waals surface area contributed by atoms with Crippen LogP contribution in [0.15, 0.2) is 60.7 Å². The van der Waals surface area contributed by atoms with Crippen LogP contribution in [0.3, 0.4) is 0 Å². The predicted octanol–water partition coefficient (Wildman–Crippen LogP) is 3.45. The number of halogens is 1. The Bertz CT molecular complexity index is 1150. The minimum atomic E-state index is -3.95. The highest BCUT2D eigenvalue weighted by Crippen LogP contribution is 2.33. The molecule has 3 aromatic rings. The van der Waals surface area contributed by atoms with Crippen molar-refractivity contribution in [3.63, 3.8) is 0 Å². The second-order valence-electron chi connectivity index (χ2n) is 7.38. The molecule has 2 N–H and O–H groups in total. The summed E-state index contributed by atoms with van der Waals surface area (Å²) in [5.41, 5.74) is 2.73.